The van der Waals surface area contributed by atoms with Crippen molar-refractivity contribution in [3.05, 3.63) is 48.6 Å². The Morgan fingerprint density at radius 1 is 0.390 bits per heavy atom. The van der Waals surface area contributed by atoms with E-state index in [0.717, 1.165) is 64.2 Å². The maximum absolute atomic E-state index is 12.9. The Labute approximate surface area is 509 Å². The van der Waals surface area contributed by atoms with E-state index in [1.807, 2.05) is 21.1 Å². The molecule has 482 valence electrons. The summed E-state index contributed by atoms with van der Waals surface area (Å²) >= 11 is 0. The number of unbranched alkanes of at least 4 members (excludes halogenated alkanes) is 44. The molecular weight excluding hydrogens is 1040 g/mol. The fourth-order valence-corrected chi connectivity index (χ4v) is 11.2. The Kier molecular flexibility index (Phi) is 61.9. The monoisotopic (exact) mass is 1170 g/mol. The van der Waals surface area contributed by atoms with Gasteiger partial charge in [-0.2, -0.15) is 0 Å². The summed E-state index contributed by atoms with van der Waals surface area (Å²) in [6.45, 7) is 4.20. The summed E-state index contributed by atoms with van der Waals surface area (Å²) in [5, 5.41) is 0. The second kappa shape index (κ2) is 63.5. The van der Waals surface area contributed by atoms with Crippen LogP contribution in [0.1, 0.15) is 348 Å². The van der Waals surface area contributed by atoms with Crippen LogP contribution in [0.4, 0.5) is 0 Å². The molecule has 0 heterocycles. The number of carbonyl (C=O) groups is 2. The van der Waals surface area contributed by atoms with E-state index in [4.69, 9.17) is 18.5 Å². The molecule has 2 atom stereocenters. The van der Waals surface area contributed by atoms with Crippen molar-refractivity contribution in [3.8, 4) is 0 Å². The van der Waals surface area contributed by atoms with Gasteiger partial charge in [0.2, 0.25) is 0 Å². The highest BCUT2D eigenvalue weighted by atomic mass is 31.2. The fourth-order valence-electron chi connectivity index (χ4n) is 10.5. The normalized spacial score (nSPS) is 13.4. The van der Waals surface area contributed by atoms with Crippen LogP contribution in [0.15, 0.2) is 48.6 Å². The molecule has 0 fully saturated rings. The number of esters is 2. The smallest absolute Gasteiger partial charge is 0.306 e. The van der Waals surface area contributed by atoms with E-state index in [9.17, 15) is 19.0 Å². The number of carbonyl (C=O) groups excluding carboxylic acids is 2. The molecule has 0 aromatic heterocycles. The third-order valence-corrected chi connectivity index (χ3v) is 16.8. The molecule has 0 spiro atoms. The van der Waals surface area contributed by atoms with Gasteiger partial charge in [-0.25, -0.2) is 0 Å². The topological polar surface area (TPSA) is 111 Å². The lowest BCUT2D eigenvalue weighted by Crippen LogP contribution is -2.37. The number of hydrogen-bond acceptors (Lipinski definition) is 8. The van der Waals surface area contributed by atoms with Crippen LogP contribution in [0, 0.1) is 0 Å². The van der Waals surface area contributed by atoms with Crippen molar-refractivity contribution in [2.45, 2.75) is 354 Å². The molecule has 0 N–H and O–H groups in total. The van der Waals surface area contributed by atoms with Gasteiger partial charge in [-0.1, -0.05) is 332 Å². The molecule has 0 rings (SSSR count). The van der Waals surface area contributed by atoms with Crippen molar-refractivity contribution < 1.29 is 42.1 Å². The SMILES string of the molecule is CC/C=C\C/C=C\C/C=C\C/C=C\CCCCCCCCCCCCCCCCCCC(=O)OC(COC(=O)CCCCCCCCCCCCCCCCCCCCCCCCCCCCCCC)COP(=O)([O-])OCC[N+](C)(C)C. The molecule has 9 nitrogen and oxygen atoms in total. The molecule has 0 bridgehead atoms. The molecular formula is C72H136NO8P. The van der Waals surface area contributed by atoms with Gasteiger partial charge < -0.3 is 27.9 Å². The number of nitrogens with zero attached hydrogens (tertiary/aromatic N) is 1. The standard InChI is InChI=1S/C72H136NO8P/c1-6-8-10-12-14-16-18-20-22-24-26-28-30-32-34-36-38-40-42-44-46-48-50-52-54-56-58-60-62-64-71(74)78-68-70(69-80-82(76,77)79-67-66-73(3,4)5)81-72(75)65-63-61-59-57-55-53-51-49-47-45-43-41-39-37-35-33-31-29-27-25-23-21-19-17-15-13-11-9-7-2/h9,11,15,17,21,23,27,29,70H,6-8,10,12-14,16,18-20,22,24-26,28,30-69H2,1-5H3/b11-9-,17-15-,23-21-,29-27-. The lowest BCUT2D eigenvalue weighted by Gasteiger charge is -2.28. The molecule has 0 aromatic carbocycles. The van der Waals surface area contributed by atoms with Crippen LogP contribution in [0.3, 0.4) is 0 Å². The van der Waals surface area contributed by atoms with Crippen LogP contribution in [-0.4, -0.2) is 70.0 Å². The van der Waals surface area contributed by atoms with Gasteiger partial charge in [0.1, 0.15) is 19.8 Å². The third-order valence-electron chi connectivity index (χ3n) is 15.9. The number of allylic oxidation sites excluding steroid dienone is 8. The van der Waals surface area contributed by atoms with Crippen LogP contribution in [0.25, 0.3) is 0 Å². The fraction of sp³-hybridized carbons (Fsp3) is 0.861. The number of phosphoric ester groups is 1. The third kappa shape index (κ3) is 67.1. The number of hydrogen-bond donors (Lipinski definition) is 0. The molecule has 0 saturated carbocycles. The highest BCUT2D eigenvalue weighted by Crippen LogP contribution is 2.38. The predicted octanol–water partition coefficient (Wildman–Crippen LogP) is 22.2. The average Bonchev–Trinajstić information content (AvgIpc) is 3.45. The molecule has 82 heavy (non-hydrogen) atoms. The second-order valence-electron chi connectivity index (χ2n) is 25.2. The zero-order chi connectivity index (χ0) is 59.8. The van der Waals surface area contributed by atoms with Gasteiger partial charge in [0.25, 0.3) is 7.82 Å². The van der Waals surface area contributed by atoms with E-state index >= 15 is 0 Å². The molecule has 0 radical (unpaired) electrons. The second-order valence-corrected chi connectivity index (χ2v) is 26.6. The highest BCUT2D eigenvalue weighted by molar-refractivity contribution is 7.45. The van der Waals surface area contributed by atoms with Crippen LogP contribution in [0.2, 0.25) is 0 Å². The summed E-state index contributed by atoms with van der Waals surface area (Å²) in [6, 6.07) is 0. The summed E-state index contributed by atoms with van der Waals surface area (Å²) in [5.74, 6) is -0.814. The van der Waals surface area contributed by atoms with Crippen molar-refractivity contribution in [1.29, 1.82) is 0 Å². The Morgan fingerprint density at radius 2 is 0.695 bits per heavy atom. The zero-order valence-electron chi connectivity index (χ0n) is 55.0. The van der Waals surface area contributed by atoms with Gasteiger partial charge in [0, 0.05) is 12.8 Å². The number of phosphoric acid groups is 1. The van der Waals surface area contributed by atoms with Crippen molar-refractivity contribution in [1.82, 2.24) is 0 Å². The Balaban J connectivity index is 3.99. The summed E-state index contributed by atoms with van der Waals surface area (Å²) < 4.78 is 34.3. The quantitative estimate of drug-likeness (QED) is 0.0195. The van der Waals surface area contributed by atoms with Gasteiger partial charge in [0.05, 0.1) is 27.7 Å². The first-order valence-electron chi connectivity index (χ1n) is 35.3. The molecule has 0 amide bonds. The van der Waals surface area contributed by atoms with Gasteiger partial charge in [-0.3, -0.25) is 14.2 Å². The minimum Gasteiger partial charge on any atom is -0.756 e. The van der Waals surface area contributed by atoms with E-state index in [2.05, 4.69) is 62.5 Å². The summed E-state index contributed by atoms with van der Waals surface area (Å²) in [4.78, 5) is 38.1. The van der Waals surface area contributed by atoms with E-state index in [-0.39, 0.29) is 32.0 Å². The van der Waals surface area contributed by atoms with Crippen LogP contribution >= 0.6 is 7.82 Å². The molecule has 0 saturated heterocycles. The first kappa shape index (κ1) is 80.0. The highest BCUT2D eigenvalue weighted by Gasteiger charge is 2.22. The van der Waals surface area contributed by atoms with Gasteiger partial charge in [0.15, 0.2) is 6.10 Å². The molecule has 2 unspecified atom stereocenters. The first-order valence-corrected chi connectivity index (χ1v) is 36.8. The van der Waals surface area contributed by atoms with Gasteiger partial charge in [-0.05, 0) is 51.4 Å². The van der Waals surface area contributed by atoms with Crippen LogP contribution in [-0.2, 0) is 32.7 Å². The van der Waals surface area contributed by atoms with Gasteiger partial charge >= 0.3 is 11.9 Å². The lowest BCUT2D eigenvalue weighted by atomic mass is 10.0. The van der Waals surface area contributed by atoms with Crippen LogP contribution in [0.5, 0.6) is 0 Å². The summed E-state index contributed by atoms with van der Waals surface area (Å²) in [6.07, 6.45) is 82.0. The largest absolute Gasteiger partial charge is 0.756 e. The van der Waals surface area contributed by atoms with Crippen molar-refractivity contribution >= 4 is 19.8 Å². The Bertz CT molecular complexity index is 1520. The van der Waals surface area contributed by atoms with Crippen molar-refractivity contribution in [3.63, 3.8) is 0 Å². The molecule has 0 aromatic rings. The Morgan fingerprint density at radius 3 is 1.04 bits per heavy atom. The summed E-state index contributed by atoms with van der Waals surface area (Å²) in [7, 11) is 1.18. The lowest BCUT2D eigenvalue weighted by molar-refractivity contribution is -0.870. The number of rotatable bonds is 66. The first-order chi connectivity index (χ1) is 40.0. The van der Waals surface area contributed by atoms with Crippen molar-refractivity contribution in [2.24, 2.45) is 0 Å². The predicted molar refractivity (Wildman–Crippen MR) is 351 cm³/mol. The molecule has 10 heteroatoms. The number of ether oxygens (including phenoxy) is 2. The molecule has 0 aliphatic rings. The van der Waals surface area contributed by atoms with Gasteiger partial charge in [-0.15, -0.1) is 0 Å². The van der Waals surface area contributed by atoms with Crippen molar-refractivity contribution in [2.75, 3.05) is 47.5 Å². The van der Waals surface area contributed by atoms with E-state index < -0.39 is 26.5 Å². The molecule has 0 aliphatic heterocycles. The maximum Gasteiger partial charge on any atom is 0.306 e. The molecule has 0 aliphatic carbocycles. The minimum absolute atomic E-state index is 0.0288. The minimum atomic E-state index is -4.64. The average molecular weight is 1170 g/mol. The van der Waals surface area contributed by atoms with Crippen LogP contribution < -0.4 is 4.89 Å². The number of likely N-dealkylation sites (N-methyl/N-ethyl adjacent to an activating group) is 1. The maximum atomic E-state index is 12.9. The van der Waals surface area contributed by atoms with E-state index in [1.165, 1.54) is 250 Å². The van der Waals surface area contributed by atoms with E-state index in [0.29, 0.717) is 17.4 Å². The summed E-state index contributed by atoms with van der Waals surface area (Å²) in [5.41, 5.74) is 0. The number of quaternary nitrogens is 1. The van der Waals surface area contributed by atoms with E-state index in [1.54, 1.807) is 0 Å². The Hall–Kier alpha value is -2.03. The zero-order valence-corrected chi connectivity index (χ0v) is 55.8.